The van der Waals surface area contributed by atoms with E-state index in [1.807, 2.05) is 6.92 Å². The van der Waals surface area contributed by atoms with E-state index in [1.54, 1.807) is 7.11 Å². The quantitative estimate of drug-likeness (QED) is 0.772. The molecule has 3 atom stereocenters. The van der Waals surface area contributed by atoms with Crippen molar-refractivity contribution in [3.8, 4) is 0 Å². The van der Waals surface area contributed by atoms with E-state index >= 15 is 0 Å². The Balaban J connectivity index is 2.64. The van der Waals surface area contributed by atoms with Crippen LogP contribution in [0.25, 0.3) is 0 Å². The number of carbonyl (C=O) groups is 1. The number of carboxylic acids is 1. The number of aliphatic carboxylic acids is 1. The van der Waals surface area contributed by atoms with Gasteiger partial charge in [0.15, 0.2) is 0 Å². The van der Waals surface area contributed by atoms with Crippen LogP contribution >= 0.6 is 0 Å². The van der Waals surface area contributed by atoms with Crippen LogP contribution in [0.1, 0.15) is 20.8 Å². The molecule has 0 spiro atoms. The Hall–Kier alpha value is -0.610. The van der Waals surface area contributed by atoms with Crippen molar-refractivity contribution in [3.05, 3.63) is 0 Å². The minimum atomic E-state index is -0.671. The lowest BCUT2D eigenvalue weighted by Gasteiger charge is -2.30. The summed E-state index contributed by atoms with van der Waals surface area (Å²) >= 11 is 0. The van der Waals surface area contributed by atoms with Crippen LogP contribution < -0.4 is 0 Å². The Morgan fingerprint density at radius 2 is 2.12 bits per heavy atom. The highest BCUT2D eigenvalue weighted by Crippen LogP contribution is 2.27. The molecule has 1 N–H and O–H groups in total. The smallest absolute Gasteiger partial charge is 0.308 e. The molecule has 1 aliphatic heterocycles. The number of carboxylic acid groups (broad SMARTS) is 1. The molecule has 1 fully saturated rings. The molecule has 0 radical (unpaired) electrons. The molecule has 0 aromatic rings. The van der Waals surface area contributed by atoms with Crippen molar-refractivity contribution in [1.82, 2.24) is 4.90 Å². The molecule has 1 rings (SSSR count). The Labute approximate surface area is 97.6 Å². The SMILES string of the molecule is COCC(C(C)C)N1C[C@@H](C)[C@H](C(=O)O)C1. The number of hydrogen-bond donors (Lipinski definition) is 1. The Morgan fingerprint density at radius 1 is 1.50 bits per heavy atom. The number of methoxy groups -OCH3 is 1. The van der Waals surface area contributed by atoms with E-state index in [9.17, 15) is 4.79 Å². The number of hydrogen-bond acceptors (Lipinski definition) is 3. The second kappa shape index (κ2) is 5.64. The van der Waals surface area contributed by atoms with Crippen LogP contribution in [0.2, 0.25) is 0 Å². The van der Waals surface area contributed by atoms with Crippen LogP contribution in [0.3, 0.4) is 0 Å². The third-order valence-corrected chi connectivity index (χ3v) is 3.53. The van der Waals surface area contributed by atoms with Crippen molar-refractivity contribution in [3.63, 3.8) is 0 Å². The minimum absolute atomic E-state index is 0.224. The highest BCUT2D eigenvalue weighted by atomic mass is 16.5. The first-order chi connectivity index (χ1) is 7.47. The van der Waals surface area contributed by atoms with Gasteiger partial charge < -0.3 is 9.84 Å². The molecule has 16 heavy (non-hydrogen) atoms. The summed E-state index contributed by atoms with van der Waals surface area (Å²) < 4.78 is 5.22. The summed E-state index contributed by atoms with van der Waals surface area (Å²) in [6, 6.07) is 0.330. The average Bonchev–Trinajstić information content (AvgIpc) is 2.56. The van der Waals surface area contributed by atoms with Gasteiger partial charge in [0.25, 0.3) is 0 Å². The summed E-state index contributed by atoms with van der Waals surface area (Å²) in [5, 5.41) is 9.09. The molecule has 0 aromatic carbocycles. The second-order valence-corrected chi connectivity index (χ2v) is 5.14. The minimum Gasteiger partial charge on any atom is -0.481 e. The van der Waals surface area contributed by atoms with E-state index in [1.165, 1.54) is 0 Å². The van der Waals surface area contributed by atoms with Gasteiger partial charge in [-0.15, -0.1) is 0 Å². The third kappa shape index (κ3) is 2.95. The van der Waals surface area contributed by atoms with Gasteiger partial charge >= 0.3 is 5.97 Å². The van der Waals surface area contributed by atoms with Gasteiger partial charge in [-0.25, -0.2) is 0 Å². The summed E-state index contributed by atoms with van der Waals surface area (Å²) in [4.78, 5) is 13.3. The molecular formula is C12H23NO3. The predicted molar refractivity (Wildman–Crippen MR) is 62.4 cm³/mol. The fraction of sp³-hybridized carbons (Fsp3) is 0.917. The van der Waals surface area contributed by atoms with Crippen LogP contribution in [0.15, 0.2) is 0 Å². The van der Waals surface area contributed by atoms with E-state index in [-0.39, 0.29) is 11.8 Å². The van der Waals surface area contributed by atoms with E-state index in [0.717, 1.165) is 6.54 Å². The van der Waals surface area contributed by atoms with Crippen molar-refractivity contribution in [2.75, 3.05) is 26.8 Å². The van der Waals surface area contributed by atoms with Gasteiger partial charge in [-0.05, 0) is 11.8 Å². The van der Waals surface area contributed by atoms with Crippen molar-refractivity contribution in [2.24, 2.45) is 17.8 Å². The van der Waals surface area contributed by atoms with Gasteiger partial charge in [0, 0.05) is 26.2 Å². The lowest BCUT2D eigenvalue weighted by atomic mass is 9.99. The van der Waals surface area contributed by atoms with Gasteiger partial charge in [0.1, 0.15) is 0 Å². The van der Waals surface area contributed by atoms with Gasteiger partial charge in [0.05, 0.1) is 12.5 Å². The molecule has 0 saturated carbocycles. The normalized spacial score (nSPS) is 28.6. The summed E-state index contributed by atoms with van der Waals surface area (Å²) in [5.74, 6) is -0.177. The molecule has 1 heterocycles. The first-order valence-corrected chi connectivity index (χ1v) is 5.93. The third-order valence-electron chi connectivity index (χ3n) is 3.53. The first-order valence-electron chi connectivity index (χ1n) is 5.93. The molecule has 0 aliphatic carbocycles. The maximum absolute atomic E-state index is 11.0. The lowest BCUT2D eigenvalue weighted by Crippen LogP contribution is -2.41. The van der Waals surface area contributed by atoms with Crippen LogP contribution in [-0.4, -0.2) is 48.8 Å². The van der Waals surface area contributed by atoms with Crippen molar-refractivity contribution < 1.29 is 14.6 Å². The average molecular weight is 229 g/mol. The summed E-state index contributed by atoms with van der Waals surface area (Å²) in [5.41, 5.74) is 0. The molecule has 0 aromatic heterocycles. The molecule has 4 nitrogen and oxygen atoms in total. The predicted octanol–water partition coefficient (Wildman–Crippen LogP) is 1.31. The highest BCUT2D eigenvalue weighted by molar-refractivity contribution is 5.71. The largest absolute Gasteiger partial charge is 0.481 e. The van der Waals surface area contributed by atoms with Crippen LogP contribution in [0.5, 0.6) is 0 Å². The monoisotopic (exact) mass is 229 g/mol. The number of nitrogens with zero attached hydrogens (tertiary/aromatic N) is 1. The first kappa shape index (κ1) is 13.5. The molecule has 1 aliphatic rings. The van der Waals surface area contributed by atoms with E-state index in [0.29, 0.717) is 25.1 Å². The van der Waals surface area contributed by atoms with Gasteiger partial charge in [-0.1, -0.05) is 20.8 Å². The highest BCUT2D eigenvalue weighted by Gasteiger charge is 2.38. The van der Waals surface area contributed by atoms with E-state index in [4.69, 9.17) is 9.84 Å². The van der Waals surface area contributed by atoms with Crippen LogP contribution in [-0.2, 0) is 9.53 Å². The Bertz CT molecular complexity index is 242. The van der Waals surface area contributed by atoms with Crippen LogP contribution in [0.4, 0.5) is 0 Å². The topological polar surface area (TPSA) is 49.8 Å². The lowest BCUT2D eigenvalue weighted by molar-refractivity contribution is -0.142. The molecule has 0 amide bonds. The molecule has 1 saturated heterocycles. The molecular weight excluding hydrogens is 206 g/mol. The fourth-order valence-corrected chi connectivity index (χ4v) is 2.49. The zero-order chi connectivity index (χ0) is 12.3. The van der Waals surface area contributed by atoms with Crippen LogP contribution in [0, 0.1) is 17.8 Å². The van der Waals surface area contributed by atoms with E-state index < -0.39 is 5.97 Å². The molecule has 1 unspecified atom stereocenters. The Kier molecular flexibility index (Phi) is 4.74. The second-order valence-electron chi connectivity index (χ2n) is 5.14. The summed E-state index contributed by atoms with van der Waals surface area (Å²) in [6.45, 7) is 8.52. The standard InChI is InChI=1S/C12H23NO3/c1-8(2)11(7-16-4)13-5-9(3)10(6-13)12(14)15/h8-11H,5-7H2,1-4H3,(H,14,15)/t9-,10-,11?/m1/s1. The number of likely N-dealkylation sites (tertiary alicyclic amines) is 1. The van der Waals surface area contributed by atoms with Crippen molar-refractivity contribution in [1.29, 1.82) is 0 Å². The van der Waals surface area contributed by atoms with Crippen molar-refractivity contribution in [2.45, 2.75) is 26.8 Å². The van der Waals surface area contributed by atoms with Gasteiger partial charge in [0.2, 0.25) is 0 Å². The van der Waals surface area contributed by atoms with Gasteiger partial charge in [-0.2, -0.15) is 0 Å². The summed E-state index contributed by atoms with van der Waals surface area (Å²) in [7, 11) is 1.70. The fourth-order valence-electron chi connectivity index (χ4n) is 2.49. The number of rotatable bonds is 5. The zero-order valence-corrected chi connectivity index (χ0v) is 10.6. The number of ether oxygens (including phenoxy) is 1. The molecule has 0 bridgehead atoms. The van der Waals surface area contributed by atoms with Crippen molar-refractivity contribution >= 4 is 5.97 Å². The Morgan fingerprint density at radius 3 is 2.50 bits per heavy atom. The van der Waals surface area contributed by atoms with E-state index in [2.05, 4.69) is 18.7 Å². The maximum atomic E-state index is 11.0. The van der Waals surface area contributed by atoms with Gasteiger partial charge in [-0.3, -0.25) is 9.69 Å². The maximum Gasteiger partial charge on any atom is 0.308 e. The summed E-state index contributed by atoms with van der Waals surface area (Å²) in [6.07, 6.45) is 0. The molecule has 94 valence electrons. The molecule has 4 heteroatoms. The zero-order valence-electron chi connectivity index (χ0n) is 10.6.